The Kier molecular flexibility index (Phi) is 3.12. The number of carboxylic acids is 1. The highest BCUT2D eigenvalue weighted by Crippen LogP contribution is 2.32. The number of methoxy groups -OCH3 is 1. The summed E-state index contributed by atoms with van der Waals surface area (Å²) in [5, 5.41) is 9.83. The van der Waals surface area contributed by atoms with E-state index in [1.54, 1.807) is 25.3 Å². The molecule has 0 fully saturated rings. The van der Waals surface area contributed by atoms with E-state index in [9.17, 15) is 4.79 Å². The van der Waals surface area contributed by atoms with Gasteiger partial charge in [0.25, 0.3) is 0 Å². The Bertz CT molecular complexity index is 795. The number of aromatic nitrogens is 1. The van der Waals surface area contributed by atoms with Crippen molar-refractivity contribution in [3.8, 4) is 16.3 Å². The molecule has 1 aromatic heterocycles. The van der Waals surface area contributed by atoms with Crippen molar-refractivity contribution in [3.63, 3.8) is 0 Å². The number of benzene rings is 2. The van der Waals surface area contributed by atoms with E-state index in [0.29, 0.717) is 0 Å². The molecule has 20 heavy (non-hydrogen) atoms. The average Bonchev–Trinajstić information content (AvgIpc) is 2.90. The molecule has 1 heterocycles. The van der Waals surface area contributed by atoms with E-state index in [1.165, 1.54) is 11.3 Å². The Balaban J connectivity index is 2.10. The van der Waals surface area contributed by atoms with E-state index in [0.717, 1.165) is 26.5 Å². The van der Waals surface area contributed by atoms with E-state index in [2.05, 4.69) is 4.98 Å². The maximum Gasteiger partial charge on any atom is 0.335 e. The molecule has 0 unspecified atom stereocenters. The molecule has 1 N–H and O–H groups in total. The quantitative estimate of drug-likeness (QED) is 0.797. The summed E-state index contributed by atoms with van der Waals surface area (Å²) in [6.07, 6.45) is 0. The summed E-state index contributed by atoms with van der Waals surface area (Å²) in [4.78, 5) is 15.5. The van der Waals surface area contributed by atoms with Crippen LogP contribution < -0.4 is 4.74 Å². The van der Waals surface area contributed by atoms with E-state index in [4.69, 9.17) is 9.84 Å². The smallest absolute Gasteiger partial charge is 0.335 e. The van der Waals surface area contributed by atoms with Gasteiger partial charge in [-0.3, -0.25) is 0 Å². The first kappa shape index (κ1) is 12.6. The van der Waals surface area contributed by atoms with Gasteiger partial charge in [0, 0.05) is 5.56 Å². The molecule has 100 valence electrons. The first-order valence-corrected chi connectivity index (χ1v) is 6.77. The lowest BCUT2D eigenvalue weighted by molar-refractivity contribution is 0.0697. The van der Waals surface area contributed by atoms with Crippen LogP contribution in [-0.2, 0) is 0 Å². The average molecular weight is 285 g/mol. The van der Waals surface area contributed by atoms with Crippen molar-refractivity contribution in [2.75, 3.05) is 7.11 Å². The Labute approximate surface area is 119 Å². The molecule has 0 aliphatic carbocycles. The summed E-state index contributed by atoms with van der Waals surface area (Å²) < 4.78 is 6.20. The number of thiazole rings is 1. The SMILES string of the molecule is COc1ccc2nc(-c3cccc(C(=O)O)c3)sc2c1. The predicted molar refractivity (Wildman–Crippen MR) is 78.6 cm³/mol. The predicted octanol–water partition coefficient (Wildman–Crippen LogP) is 3.67. The normalized spacial score (nSPS) is 10.7. The molecule has 3 rings (SSSR count). The number of ether oxygens (including phenoxy) is 1. The minimum atomic E-state index is -0.936. The van der Waals surface area contributed by atoms with Gasteiger partial charge in [-0.05, 0) is 30.3 Å². The fourth-order valence-corrected chi connectivity index (χ4v) is 2.93. The number of aromatic carboxylic acids is 1. The van der Waals surface area contributed by atoms with Crippen LogP contribution in [0.15, 0.2) is 42.5 Å². The molecule has 0 aliphatic heterocycles. The molecule has 5 heteroatoms. The topological polar surface area (TPSA) is 59.4 Å². The van der Waals surface area contributed by atoms with Crippen molar-refractivity contribution in [1.82, 2.24) is 4.98 Å². The Morgan fingerprint density at radius 2 is 2.10 bits per heavy atom. The summed E-state index contributed by atoms with van der Waals surface area (Å²) in [6, 6.07) is 12.5. The lowest BCUT2D eigenvalue weighted by atomic mass is 10.1. The molecule has 0 aliphatic rings. The summed E-state index contributed by atoms with van der Waals surface area (Å²) in [5.74, 6) is -0.151. The van der Waals surface area contributed by atoms with Crippen LogP contribution in [0.5, 0.6) is 5.75 Å². The number of rotatable bonds is 3. The number of hydrogen-bond acceptors (Lipinski definition) is 4. The van der Waals surface area contributed by atoms with Gasteiger partial charge < -0.3 is 9.84 Å². The lowest BCUT2D eigenvalue weighted by Gasteiger charge is -1.97. The molecule has 4 nitrogen and oxygen atoms in total. The second-order valence-electron chi connectivity index (χ2n) is 4.24. The van der Waals surface area contributed by atoms with Gasteiger partial charge in [0.05, 0.1) is 22.9 Å². The first-order chi connectivity index (χ1) is 9.67. The zero-order valence-corrected chi connectivity index (χ0v) is 11.5. The number of fused-ring (bicyclic) bond motifs is 1. The van der Waals surface area contributed by atoms with Crippen molar-refractivity contribution in [2.45, 2.75) is 0 Å². The number of hydrogen-bond donors (Lipinski definition) is 1. The fourth-order valence-electron chi connectivity index (χ4n) is 1.94. The molecular weight excluding hydrogens is 274 g/mol. The van der Waals surface area contributed by atoms with E-state index < -0.39 is 5.97 Å². The van der Waals surface area contributed by atoms with Gasteiger partial charge in [-0.2, -0.15) is 0 Å². The zero-order chi connectivity index (χ0) is 14.1. The molecule has 2 aromatic carbocycles. The molecule has 0 bridgehead atoms. The highest BCUT2D eigenvalue weighted by Gasteiger charge is 2.09. The Hall–Kier alpha value is -2.40. The molecule has 0 spiro atoms. The highest BCUT2D eigenvalue weighted by atomic mass is 32.1. The number of nitrogens with zero attached hydrogens (tertiary/aromatic N) is 1. The van der Waals surface area contributed by atoms with Crippen molar-refractivity contribution < 1.29 is 14.6 Å². The third-order valence-electron chi connectivity index (χ3n) is 2.95. The van der Waals surface area contributed by atoms with Crippen LogP contribution >= 0.6 is 11.3 Å². The van der Waals surface area contributed by atoms with E-state index in [1.807, 2.05) is 24.3 Å². The van der Waals surface area contributed by atoms with Crippen molar-refractivity contribution in [2.24, 2.45) is 0 Å². The molecular formula is C15H11NO3S. The minimum Gasteiger partial charge on any atom is -0.497 e. The molecule has 0 saturated heterocycles. The lowest BCUT2D eigenvalue weighted by Crippen LogP contribution is -1.95. The Morgan fingerprint density at radius 1 is 1.25 bits per heavy atom. The fraction of sp³-hybridized carbons (Fsp3) is 0.0667. The van der Waals surface area contributed by atoms with Gasteiger partial charge in [-0.15, -0.1) is 11.3 Å². The van der Waals surface area contributed by atoms with Crippen molar-refractivity contribution in [3.05, 3.63) is 48.0 Å². The van der Waals surface area contributed by atoms with Crippen LogP contribution in [0.25, 0.3) is 20.8 Å². The van der Waals surface area contributed by atoms with E-state index >= 15 is 0 Å². The summed E-state index contributed by atoms with van der Waals surface area (Å²) in [5.41, 5.74) is 1.95. The summed E-state index contributed by atoms with van der Waals surface area (Å²) >= 11 is 1.52. The maximum atomic E-state index is 11.0. The van der Waals surface area contributed by atoms with Gasteiger partial charge in [0.15, 0.2) is 0 Å². The van der Waals surface area contributed by atoms with Crippen molar-refractivity contribution >= 4 is 27.5 Å². The molecule has 0 saturated carbocycles. The largest absolute Gasteiger partial charge is 0.497 e. The first-order valence-electron chi connectivity index (χ1n) is 5.95. The van der Waals surface area contributed by atoms with Gasteiger partial charge in [0.1, 0.15) is 10.8 Å². The second-order valence-corrected chi connectivity index (χ2v) is 5.27. The molecule has 3 aromatic rings. The Morgan fingerprint density at radius 3 is 2.85 bits per heavy atom. The summed E-state index contributed by atoms with van der Waals surface area (Å²) in [6.45, 7) is 0. The van der Waals surface area contributed by atoms with Gasteiger partial charge >= 0.3 is 5.97 Å². The molecule has 0 radical (unpaired) electrons. The number of carboxylic acid groups (broad SMARTS) is 1. The van der Waals surface area contributed by atoms with Gasteiger partial charge in [0.2, 0.25) is 0 Å². The van der Waals surface area contributed by atoms with Crippen LogP contribution in [0, 0.1) is 0 Å². The number of carbonyl (C=O) groups is 1. The monoisotopic (exact) mass is 285 g/mol. The minimum absolute atomic E-state index is 0.263. The third-order valence-corrected chi connectivity index (χ3v) is 4.02. The summed E-state index contributed by atoms with van der Waals surface area (Å²) in [7, 11) is 1.62. The van der Waals surface area contributed by atoms with Crippen LogP contribution in [0.2, 0.25) is 0 Å². The van der Waals surface area contributed by atoms with Gasteiger partial charge in [-0.25, -0.2) is 9.78 Å². The standard InChI is InChI=1S/C15H11NO3S/c1-19-11-5-6-12-13(8-11)20-14(16-12)9-3-2-4-10(7-9)15(17)18/h2-8H,1H3,(H,17,18). The second kappa shape index (κ2) is 4.94. The van der Waals surface area contributed by atoms with Crippen LogP contribution in [0.3, 0.4) is 0 Å². The highest BCUT2D eigenvalue weighted by molar-refractivity contribution is 7.21. The molecule has 0 amide bonds. The van der Waals surface area contributed by atoms with E-state index in [-0.39, 0.29) is 5.56 Å². The van der Waals surface area contributed by atoms with Crippen LogP contribution in [0.1, 0.15) is 10.4 Å². The van der Waals surface area contributed by atoms with Crippen LogP contribution in [-0.4, -0.2) is 23.2 Å². The maximum absolute atomic E-state index is 11.0. The third kappa shape index (κ3) is 2.23. The van der Waals surface area contributed by atoms with Gasteiger partial charge in [-0.1, -0.05) is 12.1 Å². The van der Waals surface area contributed by atoms with Crippen LogP contribution in [0.4, 0.5) is 0 Å². The molecule has 0 atom stereocenters. The van der Waals surface area contributed by atoms with Crippen molar-refractivity contribution in [1.29, 1.82) is 0 Å². The zero-order valence-electron chi connectivity index (χ0n) is 10.7.